The van der Waals surface area contributed by atoms with Crippen molar-refractivity contribution >= 4 is 5.78 Å². The van der Waals surface area contributed by atoms with Gasteiger partial charge in [-0.2, -0.15) is 0 Å². The summed E-state index contributed by atoms with van der Waals surface area (Å²) in [6.45, 7) is 3.44. The van der Waals surface area contributed by atoms with Crippen LogP contribution < -0.4 is 0 Å². The molecule has 2 nitrogen and oxygen atoms in total. The Labute approximate surface area is 42.5 Å². The van der Waals surface area contributed by atoms with Crippen LogP contribution in [-0.4, -0.2) is 18.0 Å². The summed E-state index contributed by atoms with van der Waals surface area (Å²) >= 11 is 0. The van der Waals surface area contributed by atoms with Crippen molar-refractivity contribution in [3.63, 3.8) is 0 Å². The quantitative estimate of drug-likeness (QED) is 0.445. The fraction of sp³-hybridized carbons (Fsp3) is 0.800. The van der Waals surface area contributed by atoms with Crippen molar-refractivity contribution in [1.29, 1.82) is 0 Å². The van der Waals surface area contributed by atoms with E-state index >= 15 is 0 Å². The highest BCUT2D eigenvalue weighted by Gasteiger charge is 2.37. The average molecular weight is 100 g/mol. The molecule has 0 N–H and O–H groups in total. The molecule has 1 rings (SSSR count). The molecule has 1 fully saturated rings. The fourth-order valence-corrected chi connectivity index (χ4v) is 0.612. The Kier molecular flexibility index (Phi) is 0.889. The highest BCUT2D eigenvalue weighted by Crippen LogP contribution is 2.20. The number of rotatable bonds is 1. The molecule has 0 aromatic heterocycles. The van der Waals surface area contributed by atoms with E-state index in [0.29, 0.717) is 0 Å². The summed E-state index contributed by atoms with van der Waals surface area (Å²) in [6, 6.07) is 0. The molecule has 2 atom stereocenters. The van der Waals surface area contributed by atoms with Crippen molar-refractivity contribution in [2.45, 2.75) is 26.1 Å². The van der Waals surface area contributed by atoms with Crippen LogP contribution in [0.2, 0.25) is 0 Å². The molecule has 0 amide bonds. The minimum atomic E-state index is -0.0694. The van der Waals surface area contributed by atoms with Crippen LogP contribution in [0.4, 0.5) is 0 Å². The van der Waals surface area contributed by atoms with Crippen LogP contribution >= 0.6 is 0 Å². The predicted octanol–water partition coefficient (Wildman–Crippen LogP) is 0.363. The van der Waals surface area contributed by atoms with E-state index in [1.165, 1.54) is 0 Å². The van der Waals surface area contributed by atoms with Gasteiger partial charge in [0.2, 0.25) is 0 Å². The zero-order valence-corrected chi connectivity index (χ0v) is 4.47. The van der Waals surface area contributed by atoms with Crippen LogP contribution in [0.25, 0.3) is 0 Å². The van der Waals surface area contributed by atoms with Crippen LogP contribution in [-0.2, 0) is 9.53 Å². The fourth-order valence-electron chi connectivity index (χ4n) is 0.612. The molecule has 1 aliphatic rings. The molecule has 2 heteroatoms. The van der Waals surface area contributed by atoms with E-state index in [2.05, 4.69) is 0 Å². The number of ether oxygens (including phenoxy) is 1. The molecule has 7 heavy (non-hydrogen) atoms. The molecule has 0 aliphatic carbocycles. The molecule has 0 bridgehead atoms. The van der Waals surface area contributed by atoms with E-state index in [9.17, 15) is 4.79 Å². The average Bonchev–Trinajstić information content (AvgIpc) is 2.17. The van der Waals surface area contributed by atoms with Gasteiger partial charge in [-0.15, -0.1) is 0 Å². The Morgan fingerprint density at radius 2 is 2.14 bits per heavy atom. The Hall–Kier alpha value is -0.370. The smallest absolute Gasteiger partial charge is 0.161 e. The van der Waals surface area contributed by atoms with Gasteiger partial charge in [0.1, 0.15) is 6.10 Å². The van der Waals surface area contributed by atoms with Gasteiger partial charge in [-0.3, -0.25) is 4.79 Å². The van der Waals surface area contributed by atoms with Crippen molar-refractivity contribution < 1.29 is 9.53 Å². The lowest BCUT2D eigenvalue weighted by Gasteiger charge is -1.74. The van der Waals surface area contributed by atoms with E-state index in [-0.39, 0.29) is 18.0 Å². The summed E-state index contributed by atoms with van der Waals surface area (Å²) in [5, 5.41) is 0. The molecular weight excluding hydrogens is 92.1 g/mol. The lowest BCUT2D eigenvalue weighted by Crippen LogP contribution is -2.01. The predicted molar refractivity (Wildman–Crippen MR) is 25.0 cm³/mol. The third kappa shape index (κ3) is 0.800. The van der Waals surface area contributed by atoms with Crippen molar-refractivity contribution in [1.82, 2.24) is 0 Å². The largest absolute Gasteiger partial charge is 0.362 e. The maximum Gasteiger partial charge on any atom is 0.161 e. The second kappa shape index (κ2) is 1.30. The molecule has 0 spiro atoms. The maximum absolute atomic E-state index is 10.3. The van der Waals surface area contributed by atoms with Crippen LogP contribution in [0.15, 0.2) is 0 Å². The summed E-state index contributed by atoms with van der Waals surface area (Å²) in [5.74, 6) is 0.146. The monoisotopic (exact) mass is 100 g/mol. The number of ketones is 1. The minimum Gasteiger partial charge on any atom is -0.362 e. The van der Waals surface area contributed by atoms with E-state index in [1.807, 2.05) is 6.92 Å². The lowest BCUT2D eigenvalue weighted by atomic mass is 10.3. The summed E-state index contributed by atoms with van der Waals surface area (Å²) in [4.78, 5) is 10.3. The van der Waals surface area contributed by atoms with Gasteiger partial charge < -0.3 is 4.74 Å². The third-order valence-corrected chi connectivity index (χ3v) is 1.11. The van der Waals surface area contributed by atoms with E-state index in [1.54, 1.807) is 6.92 Å². The highest BCUT2D eigenvalue weighted by molar-refractivity contribution is 5.83. The molecular formula is C5H8O2. The van der Waals surface area contributed by atoms with Gasteiger partial charge >= 0.3 is 0 Å². The topological polar surface area (TPSA) is 29.6 Å². The zero-order chi connectivity index (χ0) is 5.44. The minimum absolute atomic E-state index is 0.0694. The van der Waals surface area contributed by atoms with Gasteiger partial charge in [-0.1, -0.05) is 0 Å². The van der Waals surface area contributed by atoms with Gasteiger partial charge in [0.15, 0.2) is 5.78 Å². The van der Waals surface area contributed by atoms with E-state index < -0.39 is 0 Å². The first-order valence-electron chi connectivity index (χ1n) is 2.37. The standard InChI is InChI=1S/C5H8O2/c1-3(6)5-4(2)7-5/h4-5H,1-2H3/t4-,5-/m0/s1. The lowest BCUT2D eigenvalue weighted by molar-refractivity contribution is -0.118. The van der Waals surface area contributed by atoms with Crippen LogP contribution in [0, 0.1) is 0 Å². The van der Waals surface area contributed by atoms with Crippen molar-refractivity contribution in [2.24, 2.45) is 0 Å². The number of epoxide rings is 1. The maximum atomic E-state index is 10.3. The SMILES string of the molecule is CC(=O)[C@@H]1O[C@H]1C. The Morgan fingerprint density at radius 1 is 1.71 bits per heavy atom. The number of carbonyl (C=O) groups is 1. The molecule has 0 unspecified atom stereocenters. The first kappa shape index (κ1) is 4.78. The van der Waals surface area contributed by atoms with E-state index in [0.717, 1.165) is 0 Å². The Balaban J connectivity index is 2.33. The van der Waals surface area contributed by atoms with Crippen LogP contribution in [0.3, 0.4) is 0 Å². The van der Waals surface area contributed by atoms with Crippen molar-refractivity contribution in [2.75, 3.05) is 0 Å². The summed E-state index contributed by atoms with van der Waals surface area (Å²) in [7, 11) is 0. The molecule has 0 aromatic rings. The first-order chi connectivity index (χ1) is 3.22. The number of hydrogen-bond acceptors (Lipinski definition) is 2. The van der Waals surface area contributed by atoms with Gasteiger partial charge in [0, 0.05) is 0 Å². The second-order valence-corrected chi connectivity index (χ2v) is 1.87. The number of carbonyl (C=O) groups excluding carboxylic acids is 1. The summed E-state index contributed by atoms with van der Waals surface area (Å²) < 4.78 is 4.83. The van der Waals surface area contributed by atoms with Crippen LogP contribution in [0.5, 0.6) is 0 Å². The third-order valence-electron chi connectivity index (χ3n) is 1.11. The normalized spacial score (nSPS) is 38.0. The molecule has 0 radical (unpaired) electrons. The van der Waals surface area contributed by atoms with Gasteiger partial charge in [-0.25, -0.2) is 0 Å². The van der Waals surface area contributed by atoms with Gasteiger partial charge in [0.05, 0.1) is 6.10 Å². The number of hydrogen-bond donors (Lipinski definition) is 0. The molecule has 0 aromatic carbocycles. The van der Waals surface area contributed by atoms with Gasteiger partial charge in [-0.05, 0) is 13.8 Å². The summed E-state index contributed by atoms with van der Waals surface area (Å²) in [6.07, 6.45) is 0.123. The Bertz CT molecular complexity index is 98.3. The van der Waals surface area contributed by atoms with Crippen molar-refractivity contribution in [3.05, 3.63) is 0 Å². The Morgan fingerprint density at radius 3 is 2.14 bits per heavy atom. The molecule has 1 saturated heterocycles. The molecule has 1 aliphatic heterocycles. The second-order valence-electron chi connectivity index (χ2n) is 1.87. The molecule has 40 valence electrons. The molecule has 0 saturated carbocycles. The molecule has 1 heterocycles. The number of Topliss-reactive ketones (excluding diaryl/α,β-unsaturated/α-hetero) is 1. The zero-order valence-electron chi connectivity index (χ0n) is 4.47. The van der Waals surface area contributed by atoms with Crippen LogP contribution in [0.1, 0.15) is 13.8 Å². The first-order valence-corrected chi connectivity index (χ1v) is 2.37. The summed E-state index contributed by atoms with van der Waals surface area (Å²) in [5.41, 5.74) is 0. The van der Waals surface area contributed by atoms with Crippen molar-refractivity contribution in [3.8, 4) is 0 Å². The van der Waals surface area contributed by atoms with Gasteiger partial charge in [0.25, 0.3) is 0 Å². The van der Waals surface area contributed by atoms with E-state index in [4.69, 9.17) is 4.74 Å². The highest BCUT2D eigenvalue weighted by atomic mass is 16.6.